The summed E-state index contributed by atoms with van der Waals surface area (Å²) < 4.78 is 11.6. The first-order chi connectivity index (χ1) is 6.98. The summed E-state index contributed by atoms with van der Waals surface area (Å²) in [5.74, 6) is 0. The Bertz CT molecular complexity index is 351. The Morgan fingerprint density at radius 3 is 1.93 bits per heavy atom. The van der Waals surface area contributed by atoms with Gasteiger partial charge in [-0.15, -0.1) is 0 Å². The molecule has 0 unspecified atom stereocenters. The van der Waals surface area contributed by atoms with Gasteiger partial charge in [-0.25, -0.2) is 0 Å². The lowest BCUT2D eigenvalue weighted by Crippen LogP contribution is -2.24. The van der Waals surface area contributed by atoms with Crippen molar-refractivity contribution in [2.45, 2.75) is 31.8 Å². The highest BCUT2D eigenvalue weighted by atomic mass is 31.2. The Balaban J connectivity index is 3.31. The van der Waals surface area contributed by atoms with Crippen LogP contribution in [0.2, 0.25) is 0 Å². The summed E-state index contributed by atoms with van der Waals surface area (Å²) in [5, 5.41) is -1.02. The fourth-order valence-electron chi connectivity index (χ4n) is 1.99. The van der Waals surface area contributed by atoms with E-state index in [4.69, 9.17) is 0 Å². The van der Waals surface area contributed by atoms with Crippen LogP contribution in [0.1, 0.15) is 32.3 Å². The zero-order valence-corrected chi connectivity index (χ0v) is 9.95. The van der Waals surface area contributed by atoms with E-state index in [2.05, 4.69) is 0 Å². The molecule has 4 heteroatoms. The quantitative estimate of drug-likeness (QED) is 0.779. The fraction of sp³-hybridized carbons (Fsp3) is 0.455. The van der Waals surface area contributed by atoms with Crippen LogP contribution in [0.3, 0.4) is 0 Å². The summed E-state index contributed by atoms with van der Waals surface area (Å²) >= 11 is 0. The smallest absolute Gasteiger partial charge is 0.324 e. The predicted octanol–water partition coefficient (Wildman–Crippen LogP) is 2.88. The van der Waals surface area contributed by atoms with Crippen LogP contribution in [0.15, 0.2) is 30.3 Å². The van der Waals surface area contributed by atoms with Gasteiger partial charge in [0.15, 0.2) is 0 Å². The van der Waals surface area contributed by atoms with Gasteiger partial charge in [0.25, 0.3) is 0 Å². The molecule has 0 bridgehead atoms. The SMILES string of the molecule is CCC(CC)(c1ccccc1)P(=O)(O)O. The zero-order chi connectivity index (χ0) is 11.5. The number of hydrogen-bond acceptors (Lipinski definition) is 1. The van der Waals surface area contributed by atoms with Crippen LogP contribution in [-0.4, -0.2) is 9.79 Å². The first-order valence-corrected chi connectivity index (χ1v) is 6.70. The van der Waals surface area contributed by atoms with E-state index in [9.17, 15) is 14.4 Å². The van der Waals surface area contributed by atoms with E-state index < -0.39 is 12.8 Å². The molecule has 15 heavy (non-hydrogen) atoms. The van der Waals surface area contributed by atoms with Gasteiger partial charge in [-0.05, 0) is 18.4 Å². The molecule has 0 radical (unpaired) electrons. The van der Waals surface area contributed by atoms with Gasteiger partial charge in [0.05, 0.1) is 5.16 Å². The topological polar surface area (TPSA) is 57.5 Å². The maximum absolute atomic E-state index is 11.6. The van der Waals surface area contributed by atoms with Gasteiger partial charge in [-0.3, -0.25) is 4.57 Å². The summed E-state index contributed by atoms with van der Waals surface area (Å²) in [5.41, 5.74) is 0.725. The van der Waals surface area contributed by atoms with E-state index in [1.165, 1.54) is 0 Å². The van der Waals surface area contributed by atoms with Crippen molar-refractivity contribution in [3.8, 4) is 0 Å². The summed E-state index contributed by atoms with van der Waals surface area (Å²) in [6.07, 6.45) is 0.885. The molecule has 0 atom stereocenters. The van der Waals surface area contributed by atoms with Crippen molar-refractivity contribution in [3.63, 3.8) is 0 Å². The minimum atomic E-state index is -4.13. The molecular weight excluding hydrogens is 211 g/mol. The zero-order valence-electron chi connectivity index (χ0n) is 9.05. The Morgan fingerprint density at radius 2 is 1.60 bits per heavy atom. The molecule has 0 saturated heterocycles. The summed E-state index contributed by atoms with van der Waals surface area (Å²) in [7, 11) is -4.13. The standard InChI is InChI=1S/C11H17O3P/c1-3-11(4-2,15(12,13)14)10-8-6-5-7-9-10/h5-9H,3-4H2,1-2H3,(H2,12,13,14). The van der Waals surface area contributed by atoms with Crippen molar-refractivity contribution >= 4 is 7.60 Å². The second-order valence-corrected chi connectivity index (χ2v) is 5.59. The molecule has 0 aromatic heterocycles. The molecule has 0 spiro atoms. The highest BCUT2D eigenvalue weighted by Gasteiger charge is 2.44. The largest absolute Gasteiger partial charge is 0.335 e. The van der Waals surface area contributed by atoms with Crippen LogP contribution in [0, 0.1) is 0 Å². The van der Waals surface area contributed by atoms with Crippen LogP contribution in [0.4, 0.5) is 0 Å². The monoisotopic (exact) mass is 228 g/mol. The normalized spacial score (nSPS) is 12.8. The Hall–Kier alpha value is -0.630. The molecule has 0 aliphatic carbocycles. The van der Waals surface area contributed by atoms with Gasteiger partial charge in [-0.2, -0.15) is 0 Å². The third kappa shape index (κ3) is 2.15. The average Bonchev–Trinajstić information content (AvgIpc) is 2.20. The molecule has 3 nitrogen and oxygen atoms in total. The molecule has 0 aliphatic heterocycles. The summed E-state index contributed by atoms with van der Waals surface area (Å²) in [4.78, 5) is 19.0. The van der Waals surface area contributed by atoms with E-state index in [0.717, 1.165) is 5.56 Å². The second kappa shape index (κ2) is 4.48. The van der Waals surface area contributed by atoms with Gasteiger partial charge in [-0.1, -0.05) is 44.2 Å². The highest BCUT2D eigenvalue weighted by Crippen LogP contribution is 2.60. The van der Waals surface area contributed by atoms with Crippen molar-refractivity contribution in [3.05, 3.63) is 35.9 Å². The maximum Gasteiger partial charge on any atom is 0.335 e. The van der Waals surface area contributed by atoms with Crippen LogP contribution >= 0.6 is 7.60 Å². The van der Waals surface area contributed by atoms with Crippen molar-refractivity contribution in [2.24, 2.45) is 0 Å². The van der Waals surface area contributed by atoms with Crippen LogP contribution in [0.25, 0.3) is 0 Å². The fourth-order valence-corrected chi connectivity index (χ4v) is 3.30. The third-order valence-electron chi connectivity index (χ3n) is 3.04. The Labute approximate surface area is 90.3 Å². The number of hydrogen-bond donors (Lipinski definition) is 2. The minimum Gasteiger partial charge on any atom is -0.324 e. The van der Waals surface area contributed by atoms with Gasteiger partial charge in [0.1, 0.15) is 0 Å². The first-order valence-electron chi connectivity index (χ1n) is 5.09. The van der Waals surface area contributed by atoms with E-state index >= 15 is 0 Å². The molecule has 2 N–H and O–H groups in total. The second-order valence-electron chi connectivity index (χ2n) is 3.65. The first kappa shape index (κ1) is 12.4. The van der Waals surface area contributed by atoms with Crippen molar-refractivity contribution in [1.29, 1.82) is 0 Å². The van der Waals surface area contributed by atoms with E-state index in [1.807, 2.05) is 32.0 Å². The predicted molar refractivity (Wildman–Crippen MR) is 60.7 cm³/mol. The van der Waals surface area contributed by atoms with Gasteiger partial charge < -0.3 is 9.79 Å². The van der Waals surface area contributed by atoms with E-state index in [0.29, 0.717) is 12.8 Å². The average molecular weight is 228 g/mol. The molecule has 1 aromatic carbocycles. The lowest BCUT2D eigenvalue weighted by atomic mass is 9.93. The summed E-state index contributed by atoms with van der Waals surface area (Å²) in [6.45, 7) is 3.63. The van der Waals surface area contributed by atoms with E-state index in [1.54, 1.807) is 12.1 Å². The Morgan fingerprint density at radius 1 is 1.13 bits per heavy atom. The molecule has 84 valence electrons. The lowest BCUT2D eigenvalue weighted by Gasteiger charge is -2.32. The number of benzene rings is 1. The molecule has 1 rings (SSSR count). The molecule has 0 aliphatic rings. The van der Waals surface area contributed by atoms with Gasteiger partial charge >= 0.3 is 7.60 Å². The van der Waals surface area contributed by atoms with Crippen LogP contribution in [-0.2, 0) is 9.72 Å². The van der Waals surface area contributed by atoms with Gasteiger partial charge in [0, 0.05) is 0 Å². The number of rotatable bonds is 4. The van der Waals surface area contributed by atoms with Crippen LogP contribution < -0.4 is 0 Å². The minimum absolute atomic E-state index is 0.442. The highest BCUT2D eigenvalue weighted by molar-refractivity contribution is 7.53. The van der Waals surface area contributed by atoms with Crippen molar-refractivity contribution in [2.75, 3.05) is 0 Å². The molecule has 0 amide bonds. The third-order valence-corrected chi connectivity index (χ3v) is 5.04. The molecule has 0 heterocycles. The van der Waals surface area contributed by atoms with Crippen molar-refractivity contribution < 1.29 is 14.4 Å². The Kier molecular flexibility index (Phi) is 3.72. The van der Waals surface area contributed by atoms with Gasteiger partial charge in [0.2, 0.25) is 0 Å². The summed E-state index contributed by atoms with van der Waals surface area (Å²) in [6, 6.07) is 9.04. The maximum atomic E-state index is 11.6. The molecule has 0 saturated carbocycles. The van der Waals surface area contributed by atoms with Crippen LogP contribution in [0.5, 0.6) is 0 Å². The van der Waals surface area contributed by atoms with Crippen molar-refractivity contribution in [1.82, 2.24) is 0 Å². The van der Waals surface area contributed by atoms with E-state index in [-0.39, 0.29) is 0 Å². The molecular formula is C11H17O3P. The molecule has 0 fully saturated rings. The molecule has 1 aromatic rings. The lowest BCUT2D eigenvalue weighted by molar-refractivity contribution is 0.315.